The van der Waals surface area contributed by atoms with E-state index in [1.54, 1.807) is 16.9 Å². The summed E-state index contributed by atoms with van der Waals surface area (Å²) < 4.78 is 6.96. The minimum Gasteiger partial charge on any atom is -0.356 e. The van der Waals surface area contributed by atoms with E-state index in [1.807, 2.05) is 48.5 Å². The average Bonchev–Trinajstić information content (AvgIpc) is 3.24. The van der Waals surface area contributed by atoms with Gasteiger partial charge < -0.3 is 9.84 Å². The van der Waals surface area contributed by atoms with Crippen LogP contribution in [0.5, 0.6) is 0 Å². The van der Waals surface area contributed by atoms with Crippen LogP contribution in [0, 0.1) is 0 Å². The van der Waals surface area contributed by atoms with Gasteiger partial charge in [-0.3, -0.25) is 4.79 Å². The Bertz CT molecular complexity index is 1050. The second-order valence-electron chi connectivity index (χ2n) is 5.85. The predicted octanol–water partition coefficient (Wildman–Crippen LogP) is 3.91. The molecular weight excluding hydrogens is 352 g/mol. The third kappa shape index (κ3) is 3.45. The fraction of sp³-hybridized carbons (Fsp3) is 0.105. The van der Waals surface area contributed by atoms with E-state index >= 15 is 0 Å². The van der Waals surface area contributed by atoms with Gasteiger partial charge in [-0.15, -0.1) is 0 Å². The molecule has 4 rings (SSSR count). The Kier molecular flexibility index (Phi) is 4.41. The third-order valence-electron chi connectivity index (χ3n) is 4.01. The number of aromatic nitrogens is 3. The number of nitrogens with one attached hydrogen (secondary N) is 1. The van der Waals surface area contributed by atoms with Gasteiger partial charge in [0, 0.05) is 16.5 Å². The van der Waals surface area contributed by atoms with Gasteiger partial charge in [0.05, 0.1) is 19.2 Å². The second-order valence-corrected chi connectivity index (χ2v) is 6.29. The van der Waals surface area contributed by atoms with Crippen molar-refractivity contribution < 1.29 is 9.32 Å². The lowest BCUT2D eigenvalue weighted by Gasteiger charge is -2.09. The van der Waals surface area contributed by atoms with Gasteiger partial charge in [-0.1, -0.05) is 41.0 Å². The van der Waals surface area contributed by atoms with Crippen molar-refractivity contribution in [2.45, 2.75) is 13.0 Å². The predicted molar refractivity (Wildman–Crippen MR) is 99.1 cm³/mol. The fourth-order valence-corrected chi connectivity index (χ4v) is 2.86. The van der Waals surface area contributed by atoms with Gasteiger partial charge in [0.1, 0.15) is 11.5 Å². The van der Waals surface area contributed by atoms with E-state index in [0.29, 0.717) is 28.7 Å². The van der Waals surface area contributed by atoms with Crippen molar-refractivity contribution in [1.29, 1.82) is 0 Å². The molecule has 0 aliphatic carbocycles. The smallest absolute Gasteiger partial charge is 0.231 e. The summed E-state index contributed by atoms with van der Waals surface area (Å²) in [4.78, 5) is 12.4. The molecule has 0 spiro atoms. The van der Waals surface area contributed by atoms with E-state index in [-0.39, 0.29) is 12.3 Å². The first-order valence-corrected chi connectivity index (χ1v) is 8.46. The van der Waals surface area contributed by atoms with Crippen LogP contribution in [0.4, 0.5) is 5.82 Å². The highest BCUT2D eigenvalue weighted by molar-refractivity contribution is 6.30. The molecule has 0 atom stereocenters. The van der Waals surface area contributed by atoms with E-state index in [4.69, 9.17) is 16.1 Å². The zero-order chi connectivity index (χ0) is 17.9. The second kappa shape index (κ2) is 7.01. The van der Waals surface area contributed by atoms with Crippen LogP contribution in [0.1, 0.15) is 11.3 Å². The number of halogens is 1. The number of nitrogens with zero attached hydrogens (tertiary/aromatic N) is 3. The molecule has 0 bridgehead atoms. The number of carbonyl (C=O) groups excluding carboxylic acids is 1. The maximum absolute atomic E-state index is 12.4. The lowest BCUT2D eigenvalue weighted by atomic mass is 10.1. The maximum atomic E-state index is 12.4. The Labute approximate surface area is 154 Å². The highest BCUT2D eigenvalue weighted by Gasteiger charge is 2.14. The molecule has 2 aromatic carbocycles. The number of rotatable bonds is 5. The molecule has 0 saturated heterocycles. The number of carbonyl (C=O) groups is 1. The zero-order valence-corrected chi connectivity index (χ0v) is 14.5. The maximum Gasteiger partial charge on any atom is 0.231 e. The topological polar surface area (TPSA) is 73.0 Å². The van der Waals surface area contributed by atoms with E-state index in [2.05, 4.69) is 15.6 Å². The third-order valence-corrected chi connectivity index (χ3v) is 4.26. The van der Waals surface area contributed by atoms with Gasteiger partial charge in [-0.25, -0.2) is 4.68 Å². The van der Waals surface area contributed by atoms with Crippen LogP contribution < -0.4 is 5.32 Å². The average molecular weight is 367 g/mol. The van der Waals surface area contributed by atoms with Gasteiger partial charge in [-0.05, 0) is 29.8 Å². The molecule has 130 valence electrons. The molecule has 0 aliphatic heterocycles. The summed E-state index contributed by atoms with van der Waals surface area (Å²) in [6.45, 7) is 0.534. The Morgan fingerprint density at radius 3 is 2.77 bits per heavy atom. The van der Waals surface area contributed by atoms with Crippen molar-refractivity contribution in [3.05, 3.63) is 77.1 Å². The normalized spacial score (nSPS) is 11.0. The first-order chi connectivity index (χ1) is 12.7. The SMILES string of the molecule is O=C(Cc1noc2ccccc12)Nc1ccnn1Cc1ccc(Cl)cc1. The van der Waals surface area contributed by atoms with Gasteiger partial charge >= 0.3 is 0 Å². The fourth-order valence-electron chi connectivity index (χ4n) is 2.73. The lowest BCUT2D eigenvalue weighted by Crippen LogP contribution is -2.18. The van der Waals surface area contributed by atoms with Crippen molar-refractivity contribution in [1.82, 2.24) is 14.9 Å². The van der Waals surface area contributed by atoms with Crippen LogP contribution in [0.25, 0.3) is 11.0 Å². The lowest BCUT2D eigenvalue weighted by molar-refractivity contribution is -0.115. The minimum atomic E-state index is -0.179. The Morgan fingerprint density at radius 1 is 1.12 bits per heavy atom. The summed E-state index contributed by atoms with van der Waals surface area (Å²) in [7, 11) is 0. The van der Waals surface area contributed by atoms with Crippen molar-refractivity contribution >= 4 is 34.3 Å². The largest absolute Gasteiger partial charge is 0.356 e. The summed E-state index contributed by atoms with van der Waals surface area (Å²) in [6, 6.07) is 16.7. The minimum absolute atomic E-state index is 0.128. The van der Waals surface area contributed by atoms with Crippen LogP contribution in [0.2, 0.25) is 5.02 Å². The molecule has 0 unspecified atom stereocenters. The standard InChI is InChI=1S/C19H15ClN4O2/c20-14-7-5-13(6-8-14)12-24-18(9-10-21-24)22-19(25)11-16-15-3-1-2-4-17(15)26-23-16/h1-10H,11-12H2,(H,22,25). The van der Waals surface area contributed by atoms with Crippen molar-refractivity contribution in [3.8, 4) is 0 Å². The number of amides is 1. The molecule has 1 amide bonds. The molecule has 0 aliphatic rings. The Morgan fingerprint density at radius 2 is 1.92 bits per heavy atom. The molecule has 6 nitrogen and oxygen atoms in total. The summed E-state index contributed by atoms with van der Waals surface area (Å²) in [5, 5.41) is 12.7. The molecule has 2 heterocycles. The van der Waals surface area contributed by atoms with E-state index < -0.39 is 0 Å². The summed E-state index contributed by atoms with van der Waals surface area (Å²) in [5.41, 5.74) is 2.32. The van der Waals surface area contributed by atoms with Gasteiger partial charge in [-0.2, -0.15) is 5.10 Å². The molecule has 26 heavy (non-hydrogen) atoms. The van der Waals surface area contributed by atoms with Crippen LogP contribution >= 0.6 is 11.6 Å². The number of para-hydroxylation sites is 1. The van der Waals surface area contributed by atoms with E-state index in [1.165, 1.54) is 0 Å². The van der Waals surface area contributed by atoms with Gasteiger partial charge in [0.25, 0.3) is 0 Å². The van der Waals surface area contributed by atoms with Crippen molar-refractivity contribution in [2.75, 3.05) is 5.32 Å². The first kappa shape index (κ1) is 16.4. The molecule has 0 fully saturated rings. The molecule has 7 heteroatoms. The molecule has 2 aromatic heterocycles. The number of hydrogen-bond donors (Lipinski definition) is 1. The molecule has 0 radical (unpaired) electrons. The van der Waals surface area contributed by atoms with Crippen molar-refractivity contribution in [3.63, 3.8) is 0 Å². The van der Waals surface area contributed by atoms with Crippen molar-refractivity contribution in [2.24, 2.45) is 0 Å². The van der Waals surface area contributed by atoms with Gasteiger partial charge in [0.15, 0.2) is 5.58 Å². The number of anilines is 1. The van der Waals surface area contributed by atoms with Crippen LogP contribution in [-0.2, 0) is 17.8 Å². The number of hydrogen-bond acceptors (Lipinski definition) is 4. The monoisotopic (exact) mass is 366 g/mol. The summed E-state index contributed by atoms with van der Waals surface area (Å²) in [6.07, 6.45) is 1.78. The van der Waals surface area contributed by atoms with Crippen LogP contribution in [0.3, 0.4) is 0 Å². The van der Waals surface area contributed by atoms with Crippen LogP contribution in [-0.4, -0.2) is 20.8 Å². The van der Waals surface area contributed by atoms with E-state index in [9.17, 15) is 4.79 Å². The van der Waals surface area contributed by atoms with Gasteiger partial charge in [0.2, 0.25) is 5.91 Å². The Balaban J connectivity index is 1.46. The highest BCUT2D eigenvalue weighted by Crippen LogP contribution is 2.19. The summed E-state index contributed by atoms with van der Waals surface area (Å²) >= 11 is 5.91. The quantitative estimate of drug-likeness (QED) is 0.581. The molecule has 0 saturated carbocycles. The summed E-state index contributed by atoms with van der Waals surface area (Å²) in [5.74, 6) is 0.444. The van der Waals surface area contributed by atoms with Crippen LogP contribution in [0.15, 0.2) is 65.3 Å². The number of fused-ring (bicyclic) bond motifs is 1. The van der Waals surface area contributed by atoms with E-state index in [0.717, 1.165) is 10.9 Å². The zero-order valence-electron chi connectivity index (χ0n) is 13.7. The molecule has 4 aromatic rings. The highest BCUT2D eigenvalue weighted by atomic mass is 35.5. The Hall–Kier alpha value is -3.12. The molecule has 1 N–H and O–H groups in total. The first-order valence-electron chi connectivity index (χ1n) is 8.08. The number of benzene rings is 2. The molecular formula is C19H15ClN4O2.